The number of nitrogens with one attached hydrogen (secondary N) is 1. The molecule has 162 valence electrons. The van der Waals surface area contributed by atoms with Gasteiger partial charge in [-0.3, -0.25) is 0 Å². The number of hydrogen-bond donors (Lipinski definition) is 1. The van der Waals surface area contributed by atoms with Gasteiger partial charge in [-0.25, -0.2) is 0 Å². The van der Waals surface area contributed by atoms with Crippen molar-refractivity contribution in [1.29, 1.82) is 0 Å². The van der Waals surface area contributed by atoms with Gasteiger partial charge in [-0.2, -0.15) is 4.37 Å². The summed E-state index contributed by atoms with van der Waals surface area (Å²) < 4.78 is 17.7. The monoisotopic (exact) mass is 434 g/mol. The molecule has 0 amide bonds. The molecule has 0 aliphatic rings. The van der Waals surface area contributed by atoms with Crippen LogP contribution in [0, 0.1) is 0 Å². The second-order valence-corrected chi connectivity index (χ2v) is 8.52. The van der Waals surface area contributed by atoms with Crippen molar-refractivity contribution < 1.29 is 9.47 Å². The largest absolute Gasteiger partial charge is 0.494 e. The van der Waals surface area contributed by atoms with Gasteiger partial charge >= 0.3 is 0 Å². The number of benzene rings is 3. The third-order valence-electron chi connectivity index (χ3n) is 5.38. The molecule has 1 N–H and O–H groups in total. The zero-order chi connectivity index (χ0) is 21.5. The first-order valence-corrected chi connectivity index (χ1v) is 12.0. The molecule has 5 heteroatoms. The second-order valence-electron chi connectivity index (χ2n) is 7.72. The Hall–Kier alpha value is -2.79. The van der Waals surface area contributed by atoms with E-state index in [-0.39, 0.29) is 0 Å². The van der Waals surface area contributed by atoms with Gasteiger partial charge < -0.3 is 14.8 Å². The topological polar surface area (TPSA) is 43.4 Å². The number of unbranched alkanes of at least 4 members (excludes halogenated alkanes) is 2. The van der Waals surface area contributed by atoms with Gasteiger partial charge in [-0.1, -0.05) is 57.0 Å². The van der Waals surface area contributed by atoms with E-state index in [0.29, 0.717) is 6.54 Å². The van der Waals surface area contributed by atoms with Crippen molar-refractivity contribution in [3.63, 3.8) is 0 Å². The molecule has 0 aliphatic carbocycles. The van der Waals surface area contributed by atoms with E-state index in [4.69, 9.17) is 9.47 Å². The van der Waals surface area contributed by atoms with Gasteiger partial charge in [0.05, 0.1) is 17.9 Å². The molecule has 1 aromatic heterocycles. The predicted molar refractivity (Wildman–Crippen MR) is 132 cm³/mol. The van der Waals surface area contributed by atoms with Crippen LogP contribution >= 0.6 is 11.5 Å². The lowest BCUT2D eigenvalue weighted by Gasteiger charge is -2.13. The Kier molecular flexibility index (Phi) is 7.26. The van der Waals surface area contributed by atoms with Gasteiger partial charge in [0.2, 0.25) is 0 Å². The van der Waals surface area contributed by atoms with E-state index in [9.17, 15) is 0 Å². The standard InChI is InChI=1S/C26H30N2O2S/c1-3-5-15-29-20-12-14-25-23(17-20)26(28-31-25)27-18-19-11-13-24(30-16-6-4-2)22-10-8-7-9-21(19)22/h7-14,17H,3-6,15-16,18H2,1-2H3,(H,27,28). The van der Waals surface area contributed by atoms with E-state index in [1.165, 1.54) is 22.5 Å². The molecule has 4 nitrogen and oxygen atoms in total. The molecule has 3 aromatic carbocycles. The summed E-state index contributed by atoms with van der Waals surface area (Å²) in [5.41, 5.74) is 1.23. The van der Waals surface area contributed by atoms with Crippen molar-refractivity contribution in [2.45, 2.75) is 46.1 Å². The maximum atomic E-state index is 6.03. The van der Waals surface area contributed by atoms with Crippen molar-refractivity contribution >= 4 is 38.2 Å². The zero-order valence-corrected chi connectivity index (χ0v) is 19.1. The van der Waals surface area contributed by atoms with E-state index in [2.05, 4.69) is 72.1 Å². The average molecular weight is 435 g/mol. The highest BCUT2D eigenvalue weighted by molar-refractivity contribution is 7.13. The van der Waals surface area contributed by atoms with E-state index in [1.54, 1.807) is 0 Å². The number of nitrogens with zero attached hydrogens (tertiary/aromatic N) is 1. The smallest absolute Gasteiger partial charge is 0.147 e. The fourth-order valence-corrected chi connectivity index (χ4v) is 4.32. The summed E-state index contributed by atoms with van der Waals surface area (Å²) in [5, 5.41) is 7.03. The molecule has 0 bridgehead atoms. The summed E-state index contributed by atoms with van der Waals surface area (Å²) in [4.78, 5) is 0. The third-order valence-corrected chi connectivity index (χ3v) is 6.21. The van der Waals surface area contributed by atoms with Crippen LogP contribution in [0.5, 0.6) is 11.5 Å². The summed E-state index contributed by atoms with van der Waals surface area (Å²) in [6, 6.07) is 18.9. The fourth-order valence-electron chi connectivity index (χ4n) is 3.59. The quantitative estimate of drug-likeness (QED) is 0.249. The van der Waals surface area contributed by atoms with Crippen LogP contribution in [0.25, 0.3) is 20.9 Å². The lowest BCUT2D eigenvalue weighted by atomic mass is 10.0. The van der Waals surface area contributed by atoms with Crippen LogP contribution in [-0.4, -0.2) is 17.6 Å². The Bertz CT molecular complexity index is 1140. The molecule has 1 heterocycles. The first kappa shape index (κ1) is 21.4. The lowest BCUT2D eigenvalue weighted by Crippen LogP contribution is -2.02. The third kappa shape index (κ3) is 5.10. The first-order chi connectivity index (χ1) is 15.3. The van der Waals surface area contributed by atoms with Crippen LogP contribution in [-0.2, 0) is 6.54 Å². The van der Waals surface area contributed by atoms with Crippen molar-refractivity contribution in [3.05, 3.63) is 60.2 Å². The van der Waals surface area contributed by atoms with Gasteiger partial charge in [0, 0.05) is 17.3 Å². The van der Waals surface area contributed by atoms with E-state index in [0.717, 1.165) is 71.7 Å². The van der Waals surface area contributed by atoms with Crippen LogP contribution in [0.4, 0.5) is 5.82 Å². The minimum Gasteiger partial charge on any atom is -0.494 e. The maximum absolute atomic E-state index is 6.03. The minimum atomic E-state index is 0.704. The van der Waals surface area contributed by atoms with E-state index >= 15 is 0 Å². The highest BCUT2D eigenvalue weighted by Crippen LogP contribution is 2.32. The van der Waals surface area contributed by atoms with Crippen molar-refractivity contribution in [3.8, 4) is 11.5 Å². The molecule has 0 fully saturated rings. The summed E-state index contributed by atoms with van der Waals surface area (Å²) in [7, 11) is 0. The molecular weight excluding hydrogens is 404 g/mol. The van der Waals surface area contributed by atoms with Gasteiger partial charge in [-0.15, -0.1) is 0 Å². The Morgan fingerprint density at radius 3 is 2.42 bits per heavy atom. The molecular formula is C26H30N2O2S. The summed E-state index contributed by atoms with van der Waals surface area (Å²) >= 11 is 1.52. The maximum Gasteiger partial charge on any atom is 0.147 e. The highest BCUT2D eigenvalue weighted by Gasteiger charge is 2.10. The molecule has 4 aromatic rings. The van der Waals surface area contributed by atoms with Crippen LogP contribution in [0.1, 0.15) is 45.1 Å². The minimum absolute atomic E-state index is 0.704. The van der Waals surface area contributed by atoms with Crippen molar-refractivity contribution in [2.24, 2.45) is 0 Å². The first-order valence-electron chi connectivity index (χ1n) is 11.2. The van der Waals surface area contributed by atoms with Crippen LogP contribution < -0.4 is 14.8 Å². The van der Waals surface area contributed by atoms with Crippen LogP contribution in [0.3, 0.4) is 0 Å². The van der Waals surface area contributed by atoms with Gasteiger partial charge in [0.15, 0.2) is 0 Å². The van der Waals surface area contributed by atoms with Gasteiger partial charge in [0.25, 0.3) is 0 Å². The Morgan fingerprint density at radius 1 is 0.839 bits per heavy atom. The summed E-state index contributed by atoms with van der Waals surface area (Å²) in [5.74, 6) is 2.78. The lowest BCUT2D eigenvalue weighted by molar-refractivity contribution is 0.310. The van der Waals surface area contributed by atoms with Gasteiger partial charge in [-0.05, 0) is 59.6 Å². The molecule has 0 unspecified atom stereocenters. The van der Waals surface area contributed by atoms with Crippen molar-refractivity contribution in [2.75, 3.05) is 18.5 Å². The predicted octanol–water partition coefficient (Wildman–Crippen LogP) is 7.42. The molecule has 0 saturated carbocycles. The zero-order valence-electron chi connectivity index (χ0n) is 18.3. The van der Waals surface area contributed by atoms with E-state index < -0.39 is 0 Å². The highest BCUT2D eigenvalue weighted by atomic mass is 32.1. The second kappa shape index (κ2) is 10.5. The number of ether oxygens (including phenoxy) is 2. The molecule has 0 aliphatic heterocycles. The number of rotatable bonds is 11. The number of hydrogen-bond acceptors (Lipinski definition) is 5. The Balaban J connectivity index is 1.53. The Morgan fingerprint density at radius 2 is 1.61 bits per heavy atom. The average Bonchev–Trinajstić information content (AvgIpc) is 3.21. The van der Waals surface area contributed by atoms with E-state index in [1.807, 2.05) is 6.07 Å². The fraction of sp³-hybridized carbons (Fsp3) is 0.346. The SMILES string of the molecule is CCCCOc1ccc2snc(NCc3ccc(OCCCC)c4ccccc34)c2c1. The molecule has 0 saturated heterocycles. The summed E-state index contributed by atoms with van der Waals surface area (Å²) in [6.07, 6.45) is 4.40. The molecule has 31 heavy (non-hydrogen) atoms. The number of aromatic nitrogens is 1. The van der Waals surface area contributed by atoms with Crippen LogP contribution in [0.2, 0.25) is 0 Å². The molecule has 0 atom stereocenters. The van der Waals surface area contributed by atoms with Crippen molar-refractivity contribution in [1.82, 2.24) is 4.37 Å². The normalized spacial score (nSPS) is 11.2. The van der Waals surface area contributed by atoms with Gasteiger partial charge in [0.1, 0.15) is 17.3 Å². The molecule has 0 radical (unpaired) electrons. The number of fused-ring (bicyclic) bond motifs is 2. The molecule has 0 spiro atoms. The molecule has 4 rings (SSSR count). The number of anilines is 1. The summed E-state index contributed by atoms with van der Waals surface area (Å²) in [6.45, 7) is 6.56. The Labute approximate surface area is 188 Å². The van der Waals surface area contributed by atoms with Crippen LogP contribution in [0.15, 0.2) is 54.6 Å².